The molecule has 2 fully saturated rings. The lowest BCUT2D eigenvalue weighted by Gasteiger charge is -2.46. The van der Waals surface area contributed by atoms with Gasteiger partial charge in [-0.25, -0.2) is 21.9 Å². The van der Waals surface area contributed by atoms with Gasteiger partial charge in [0.1, 0.15) is 22.2 Å². The summed E-state index contributed by atoms with van der Waals surface area (Å²) < 4.78 is 60.5. The summed E-state index contributed by atoms with van der Waals surface area (Å²) in [5.74, 6) is -1.26. The molecule has 12 heteroatoms. The Morgan fingerprint density at radius 2 is 1.81 bits per heavy atom. The second kappa shape index (κ2) is 9.77. The first-order valence-electron chi connectivity index (χ1n) is 13.9. The summed E-state index contributed by atoms with van der Waals surface area (Å²) in [6, 6.07) is 7.73. The minimum absolute atomic E-state index is 0.00372. The van der Waals surface area contributed by atoms with Gasteiger partial charge in [-0.05, 0) is 80.5 Å². The van der Waals surface area contributed by atoms with E-state index in [1.54, 1.807) is 34.4 Å². The largest absolute Gasteiger partial charge is 0.291 e. The van der Waals surface area contributed by atoms with Crippen LogP contribution >= 0.6 is 0 Å². The van der Waals surface area contributed by atoms with Crippen LogP contribution in [0.5, 0.6) is 0 Å². The van der Waals surface area contributed by atoms with Crippen molar-refractivity contribution in [3.05, 3.63) is 95.3 Å². The number of sulfonamides is 1. The van der Waals surface area contributed by atoms with E-state index in [1.807, 2.05) is 6.08 Å². The van der Waals surface area contributed by atoms with Crippen molar-refractivity contribution in [1.29, 1.82) is 0 Å². The number of fused-ring (bicyclic) bond motifs is 2. The molecule has 3 aliphatic carbocycles. The maximum absolute atomic E-state index is 14.4. The molecule has 0 bridgehead atoms. The third kappa shape index (κ3) is 4.40. The summed E-state index contributed by atoms with van der Waals surface area (Å²) >= 11 is 0. The van der Waals surface area contributed by atoms with Crippen LogP contribution in [0.1, 0.15) is 53.8 Å². The summed E-state index contributed by atoms with van der Waals surface area (Å²) in [4.78, 5) is 18.7. The SMILES string of the molecule is Cn1cc(S(=O)(=O)N(C2CC2)[C@H]2CCC3=Cc4c(cnn4-c4ccc(F)cc4)C[C@]3(C(=O)c3cc(F)ccn3)C2)cn1. The van der Waals surface area contributed by atoms with E-state index in [1.165, 1.54) is 41.5 Å². The molecule has 2 atom stereocenters. The van der Waals surface area contributed by atoms with E-state index in [0.717, 1.165) is 35.7 Å². The molecule has 0 aliphatic heterocycles. The maximum atomic E-state index is 14.4. The van der Waals surface area contributed by atoms with Crippen molar-refractivity contribution in [3.63, 3.8) is 0 Å². The number of nitrogens with zero attached hydrogens (tertiary/aromatic N) is 6. The molecule has 0 N–H and O–H groups in total. The molecule has 216 valence electrons. The van der Waals surface area contributed by atoms with Crippen LogP contribution in [0.2, 0.25) is 0 Å². The van der Waals surface area contributed by atoms with Crippen LogP contribution in [0.15, 0.2) is 71.7 Å². The second-order valence-electron chi connectivity index (χ2n) is 11.4. The summed E-state index contributed by atoms with van der Waals surface area (Å²) in [5.41, 5.74) is 1.96. The standard InChI is InChI=1S/C30H28F2N6O3S/c1-36-18-26(17-34-36)42(40,41)38(24-8-9-24)25-5-2-20-12-28-19(16-35-37(28)23-6-3-21(31)4-7-23)14-30(20,15-25)29(39)27-13-22(32)10-11-33-27/h3-4,6-7,10-13,16-18,24-25H,2,5,8-9,14-15H2,1H3/t25-,30-/m0/s1. The predicted octanol–water partition coefficient (Wildman–Crippen LogP) is 4.49. The Hall–Kier alpha value is -4.03. The highest BCUT2D eigenvalue weighted by Gasteiger charge is 2.54. The molecule has 3 aromatic heterocycles. The third-order valence-corrected chi connectivity index (χ3v) is 10.6. The fourth-order valence-corrected chi connectivity index (χ4v) is 8.42. The summed E-state index contributed by atoms with van der Waals surface area (Å²) in [6.45, 7) is 0. The Bertz CT molecular complexity index is 1840. The molecule has 3 aliphatic rings. The van der Waals surface area contributed by atoms with E-state index >= 15 is 0 Å². The average Bonchev–Trinajstić information content (AvgIpc) is 3.55. The van der Waals surface area contributed by atoms with Crippen LogP contribution in [0, 0.1) is 17.0 Å². The van der Waals surface area contributed by atoms with E-state index in [0.29, 0.717) is 18.5 Å². The molecule has 42 heavy (non-hydrogen) atoms. The van der Waals surface area contributed by atoms with Crippen LogP contribution in [0.3, 0.4) is 0 Å². The number of Topliss-reactive ketones (excluding diaryl/α,β-unsaturated/α-hetero) is 1. The lowest BCUT2D eigenvalue weighted by molar-refractivity contribution is 0.0733. The monoisotopic (exact) mass is 590 g/mol. The molecule has 0 amide bonds. The first-order chi connectivity index (χ1) is 20.2. The van der Waals surface area contributed by atoms with E-state index in [4.69, 9.17) is 0 Å². The smallest absolute Gasteiger partial charge is 0.246 e. The van der Waals surface area contributed by atoms with Gasteiger partial charge in [-0.3, -0.25) is 14.5 Å². The van der Waals surface area contributed by atoms with Crippen LogP contribution in [0.25, 0.3) is 11.8 Å². The number of carbonyl (C=O) groups is 1. The van der Waals surface area contributed by atoms with Gasteiger partial charge in [0.2, 0.25) is 10.0 Å². The van der Waals surface area contributed by atoms with Crippen LogP contribution in [-0.2, 0) is 23.5 Å². The number of carbonyl (C=O) groups excluding carboxylic acids is 1. The van der Waals surface area contributed by atoms with Crippen LogP contribution in [0.4, 0.5) is 8.78 Å². The first-order valence-corrected chi connectivity index (χ1v) is 15.3. The van der Waals surface area contributed by atoms with E-state index < -0.39 is 27.3 Å². The number of aromatic nitrogens is 5. The molecule has 7 rings (SSSR count). The van der Waals surface area contributed by atoms with Gasteiger partial charge in [-0.15, -0.1) is 0 Å². The van der Waals surface area contributed by atoms with Crippen molar-refractivity contribution in [1.82, 2.24) is 28.9 Å². The van der Waals surface area contributed by atoms with Crippen molar-refractivity contribution >= 4 is 21.9 Å². The Morgan fingerprint density at radius 1 is 1.02 bits per heavy atom. The fourth-order valence-electron chi connectivity index (χ4n) is 6.54. The van der Waals surface area contributed by atoms with Crippen molar-refractivity contribution in [2.24, 2.45) is 12.5 Å². The number of hydrogen-bond donors (Lipinski definition) is 0. The summed E-state index contributed by atoms with van der Waals surface area (Å²) in [5, 5.41) is 8.63. The number of rotatable bonds is 7. The molecule has 0 spiro atoms. The van der Waals surface area contributed by atoms with E-state index in [9.17, 15) is 22.0 Å². The quantitative estimate of drug-likeness (QED) is 0.294. The number of pyridine rings is 1. The number of aryl methyl sites for hydroxylation is 1. The number of hydrogen-bond acceptors (Lipinski definition) is 6. The molecule has 0 unspecified atom stereocenters. The molecule has 9 nitrogen and oxygen atoms in total. The van der Waals surface area contributed by atoms with Gasteiger partial charge in [0.15, 0.2) is 5.78 Å². The minimum Gasteiger partial charge on any atom is -0.291 e. The number of halogens is 2. The maximum Gasteiger partial charge on any atom is 0.246 e. The molecule has 0 radical (unpaired) electrons. The highest BCUT2D eigenvalue weighted by molar-refractivity contribution is 7.89. The zero-order chi connectivity index (χ0) is 29.2. The summed E-state index contributed by atoms with van der Waals surface area (Å²) in [7, 11) is -2.21. The van der Waals surface area contributed by atoms with Gasteiger partial charge < -0.3 is 0 Å². The Morgan fingerprint density at radius 3 is 2.50 bits per heavy atom. The van der Waals surface area contributed by atoms with Gasteiger partial charge in [0, 0.05) is 37.6 Å². The normalized spacial score (nSPS) is 22.0. The highest BCUT2D eigenvalue weighted by Crippen LogP contribution is 2.52. The topological polar surface area (TPSA) is 103 Å². The molecular formula is C30H28F2N6O3S. The van der Waals surface area contributed by atoms with E-state index in [-0.39, 0.29) is 41.1 Å². The zero-order valence-corrected chi connectivity index (χ0v) is 23.6. The van der Waals surface area contributed by atoms with Crippen molar-refractivity contribution in [2.75, 3.05) is 0 Å². The third-order valence-electron chi connectivity index (χ3n) is 8.62. The molecule has 3 heterocycles. The summed E-state index contributed by atoms with van der Waals surface area (Å²) in [6.07, 6.45) is 10.7. The van der Waals surface area contributed by atoms with Crippen molar-refractivity contribution in [2.45, 2.75) is 55.5 Å². The molecular weight excluding hydrogens is 562 g/mol. The number of benzene rings is 1. The van der Waals surface area contributed by atoms with Crippen LogP contribution in [-0.4, -0.2) is 55.1 Å². The number of ketones is 1. The zero-order valence-electron chi connectivity index (χ0n) is 22.8. The Labute approximate surface area is 241 Å². The molecule has 0 saturated heterocycles. The predicted molar refractivity (Wildman–Crippen MR) is 149 cm³/mol. The Balaban J connectivity index is 1.32. The first kappa shape index (κ1) is 26.8. The van der Waals surface area contributed by atoms with Gasteiger partial charge in [0.05, 0.1) is 29.2 Å². The van der Waals surface area contributed by atoms with Crippen molar-refractivity contribution in [3.8, 4) is 5.69 Å². The van der Waals surface area contributed by atoms with Crippen molar-refractivity contribution < 1.29 is 22.0 Å². The highest BCUT2D eigenvalue weighted by atomic mass is 32.2. The van der Waals surface area contributed by atoms with Gasteiger partial charge in [0.25, 0.3) is 0 Å². The van der Waals surface area contributed by atoms with E-state index in [2.05, 4.69) is 15.2 Å². The lowest BCUT2D eigenvalue weighted by atomic mass is 9.60. The lowest BCUT2D eigenvalue weighted by Crippen LogP contribution is -2.51. The second-order valence-corrected chi connectivity index (χ2v) is 13.2. The molecule has 1 aromatic carbocycles. The Kier molecular flexibility index (Phi) is 6.24. The van der Waals surface area contributed by atoms with Gasteiger partial charge in [-0.2, -0.15) is 14.5 Å². The number of allylic oxidation sites excluding steroid dienone is 1. The molecule has 4 aromatic rings. The van der Waals surface area contributed by atoms with Crippen LogP contribution < -0.4 is 0 Å². The average molecular weight is 591 g/mol. The fraction of sp³-hybridized carbons (Fsp3) is 0.333. The van der Waals surface area contributed by atoms with Gasteiger partial charge >= 0.3 is 0 Å². The minimum atomic E-state index is -3.88. The van der Waals surface area contributed by atoms with Gasteiger partial charge in [-0.1, -0.05) is 5.57 Å². The molecule has 2 saturated carbocycles.